The summed E-state index contributed by atoms with van der Waals surface area (Å²) in [5.41, 5.74) is -0.809. The lowest BCUT2D eigenvalue weighted by atomic mass is 10.2. The summed E-state index contributed by atoms with van der Waals surface area (Å²) in [4.78, 5) is 0. The van der Waals surface area contributed by atoms with Gasteiger partial charge in [-0.05, 0) is 18.2 Å². The summed E-state index contributed by atoms with van der Waals surface area (Å²) < 4.78 is 91.1. The molecule has 0 saturated carbocycles. The van der Waals surface area contributed by atoms with Gasteiger partial charge in [0.15, 0.2) is 11.5 Å². The molecule has 0 spiro atoms. The van der Waals surface area contributed by atoms with Gasteiger partial charge in [0, 0.05) is 5.56 Å². The van der Waals surface area contributed by atoms with Gasteiger partial charge in [-0.15, -0.1) is 13.2 Å². The zero-order valence-electron chi connectivity index (χ0n) is 8.35. The SMILES string of the molecule is FC(F)Oc1ccc(C(F)F)cc1OC(F)(F)F. The van der Waals surface area contributed by atoms with Crippen molar-refractivity contribution in [2.45, 2.75) is 19.4 Å². The molecular formula is C9H5F7O2. The first-order valence-electron chi connectivity index (χ1n) is 4.31. The first kappa shape index (κ1) is 14.4. The molecule has 0 aliphatic carbocycles. The molecule has 0 aliphatic rings. The Hall–Kier alpha value is -1.67. The minimum Gasteiger partial charge on any atom is -0.431 e. The van der Waals surface area contributed by atoms with Crippen LogP contribution in [0.15, 0.2) is 18.2 Å². The topological polar surface area (TPSA) is 18.5 Å². The average molecular weight is 278 g/mol. The molecule has 0 fully saturated rings. The van der Waals surface area contributed by atoms with E-state index in [-0.39, 0.29) is 6.07 Å². The molecule has 0 radical (unpaired) electrons. The predicted molar refractivity (Wildman–Crippen MR) is 44.7 cm³/mol. The van der Waals surface area contributed by atoms with Gasteiger partial charge in [0.25, 0.3) is 6.43 Å². The van der Waals surface area contributed by atoms with Crippen molar-refractivity contribution in [1.29, 1.82) is 0 Å². The second kappa shape index (κ2) is 5.32. The fraction of sp³-hybridized carbons (Fsp3) is 0.333. The van der Waals surface area contributed by atoms with Gasteiger partial charge >= 0.3 is 13.0 Å². The van der Waals surface area contributed by atoms with E-state index in [4.69, 9.17) is 0 Å². The van der Waals surface area contributed by atoms with Gasteiger partial charge in [-0.1, -0.05) is 0 Å². The number of hydrogen-bond acceptors (Lipinski definition) is 2. The zero-order valence-corrected chi connectivity index (χ0v) is 8.35. The summed E-state index contributed by atoms with van der Waals surface area (Å²) in [6.07, 6.45) is -8.28. The van der Waals surface area contributed by atoms with Crippen molar-refractivity contribution < 1.29 is 40.2 Å². The lowest BCUT2D eigenvalue weighted by Crippen LogP contribution is -2.18. The van der Waals surface area contributed by atoms with Gasteiger partial charge in [0.05, 0.1) is 0 Å². The lowest BCUT2D eigenvalue weighted by molar-refractivity contribution is -0.275. The Balaban J connectivity index is 3.09. The van der Waals surface area contributed by atoms with E-state index in [1.165, 1.54) is 0 Å². The number of rotatable bonds is 4. The third-order valence-corrected chi connectivity index (χ3v) is 1.66. The minimum atomic E-state index is -5.21. The standard InChI is InChI=1S/C9H5F7O2/c10-7(11)4-1-2-5(17-8(12)13)6(3-4)18-9(14,15)16/h1-3,7-8H. The molecule has 1 aromatic carbocycles. The summed E-state index contributed by atoms with van der Waals surface area (Å²) in [7, 11) is 0. The third-order valence-electron chi connectivity index (χ3n) is 1.66. The molecule has 0 atom stereocenters. The third kappa shape index (κ3) is 4.30. The quantitative estimate of drug-likeness (QED) is 0.771. The second-order valence-corrected chi connectivity index (χ2v) is 2.93. The van der Waals surface area contributed by atoms with Crippen LogP contribution in [0.25, 0.3) is 0 Å². The number of benzene rings is 1. The van der Waals surface area contributed by atoms with E-state index in [1.54, 1.807) is 0 Å². The Kier molecular flexibility index (Phi) is 4.25. The van der Waals surface area contributed by atoms with Crippen molar-refractivity contribution in [2.24, 2.45) is 0 Å². The molecule has 0 N–H and O–H groups in total. The van der Waals surface area contributed by atoms with E-state index in [1.807, 2.05) is 0 Å². The van der Waals surface area contributed by atoms with Crippen molar-refractivity contribution in [3.63, 3.8) is 0 Å². The highest BCUT2D eigenvalue weighted by atomic mass is 19.4. The lowest BCUT2D eigenvalue weighted by Gasteiger charge is -2.14. The van der Waals surface area contributed by atoms with Crippen LogP contribution in [0.2, 0.25) is 0 Å². The summed E-state index contributed by atoms with van der Waals surface area (Å²) in [5.74, 6) is -2.23. The highest BCUT2D eigenvalue weighted by Gasteiger charge is 2.33. The smallest absolute Gasteiger partial charge is 0.431 e. The fourth-order valence-electron chi connectivity index (χ4n) is 1.06. The molecule has 9 heteroatoms. The van der Waals surface area contributed by atoms with Gasteiger partial charge in [-0.3, -0.25) is 0 Å². The Morgan fingerprint density at radius 2 is 1.56 bits per heavy atom. The van der Waals surface area contributed by atoms with Crippen LogP contribution in [0, 0.1) is 0 Å². The molecule has 1 aromatic rings. The van der Waals surface area contributed by atoms with Crippen molar-refractivity contribution in [2.75, 3.05) is 0 Å². The highest BCUT2D eigenvalue weighted by molar-refractivity contribution is 5.43. The first-order valence-corrected chi connectivity index (χ1v) is 4.31. The molecule has 0 amide bonds. The van der Waals surface area contributed by atoms with Gasteiger partial charge in [0.1, 0.15) is 0 Å². The average Bonchev–Trinajstić information content (AvgIpc) is 2.17. The van der Waals surface area contributed by atoms with Crippen molar-refractivity contribution in [3.05, 3.63) is 23.8 Å². The van der Waals surface area contributed by atoms with Crippen LogP contribution in [-0.2, 0) is 0 Å². The molecule has 0 aromatic heterocycles. The van der Waals surface area contributed by atoms with Crippen LogP contribution in [-0.4, -0.2) is 13.0 Å². The zero-order chi connectivity index (χ0) is 13.9. The van der Waals surface area contributed by atoms with Gasteiger partial charge < -0.3 is 9.47 Å². The van der Waals surface area contributed by atoms with Crippen molar-refractivity contribution >= 4 is 0 Å². The number of alkyl halides is 7. The summed E-state index contributed by atoms with van der Waals surface area (Å²) in [6.45, 7) is -3.40. The first-order chi connectivity index (χ1) is 8.19. The van der Waals surface area contributed by atoms with E-state index >= 15 is 0 Å². The molecule has 0 saturated heterocycles. The van der Waals surface area contributed by atoms with E-state index in [0.29, 0.717) is 12.1 Å². The molecule has 0 heterocycles. The fourth-order valence-corrected chi connectivity index (χ4v) is 1.06. The molecule has 102 valence electrons. The van der Waals surface area contributed by atoms with Crippen LogP contribution in [0.1, 0.15) is 12.0 Å². The monoisotopic (exact) mass is 278 g/mol. The van der Waals surface area contributed by atoms with Crippen molar-refractivity contribution in [1.82, 2.24) is 0 Å². The maximum atomic E-state index is 12.2. The van der Waals surface area contributed by atoms with E-state index in [0.717, 1.165) is 0 Å². The van der Waals surface area contributed by atoms with E-state index in [2.05, 4.69) is 9.47 Å². The normalized spacial score (nSPS) is 12.1. The summed E-state index contributed by atoms with van der Waals surface area (Å²) >= 11 is 0. The summed E-state index contributed by atoms with van der Waals surface area (Å²) in [5, 5.41) is 0. The molecule has 0 aliphatic heterocycles. The van der Waals surface area contributed by atoms with E-state index in [9.17, 15) is 30.7 Å². The van der Waals surface area contributed by atoms with Gasteiger partial charge in [-0.2, -0.15) is 8.78 Å². The van der Waals surface area contributed by atoms with Crippen LogP contribution >= 0.6 is 0 Å². The summed E-state index contributed by atoms with van der Waals surface area (Å²) in [6, 6.07) is 1.50. The van der Waals surface area contributed by atoms with Gasteiger partial charge in [-0.25, -0.2) is 8.78 Å². The molecule has 1 rings (SSSR count). The molecule has 18 heavy (non-hydrogen) atoms. The Morgan fingerprint density at radius 1 is 0.944 bits per heavy atom. The molecule has 0 bridgehead atoms. The predicted octanol–water partition coefficient (Wildman–Crippen LogP) is 4.12. The van der Waals surface area contributed by atoms with Crippen LogP contribution in [0.5, 0.6) is 11.5 Å². The van der Waals surface area contributed by atoms with Gasteiger partial charge in [0.2, 0.25) is 0 Å². The largest absolute Gasteiger partial charge is 0.573 e. The molecular weight excluding hydrogens is 273 g/mol. The molecule has 0 unspecified atom stereocenters. The number of ether oxygens (including phenoxy) is 2. The maximum absolute atomic E-state index is 12.2. The van der Waals surface area contributed by atoms with Crippen LogP contribution in [0.3, 0.4) is 0 Å². The number of halogens is 7. The van der Waals surface area contributed by atoms with Crippen LogP contribution in [0.4, 0.5) is 30.7 Å². The van der Waals surface area contributed by atoms with Crippen LogP contribution < -0.4 is 9.47 Å². The highest BCUT2D eigenvalue weighted by Crippen LogP contribution is 2.36. The molecule has 2 nitrogen and oxygen atoms in total. The maximum Gasteiger partial charge on any atom is 0.573 e. The van der Waals surface area contributed by atoms with Crippen molar-refractivity contribution in [3.8, 4) is 11.5 Å². The Morgan fingerprint density at radius 3 is 2.00 bits per heavy atom. The Labute approximate surface area is 95.9 Å². The second-order valence-electron chi connectivity index (χ2n) is 2.93. The van der Waals surface area contributed by atoms with E-state index < -0.39 is 36.5 Å². The number of hydrogen-bond donors (Lipinski definition) is 0. The Bertz CT molecular complexity index is 402. The minimum absolute atomic E-state index is 0.288.